The Hall–Kier alpha value is -1.56. The van der Waals surface area contributed by atoms with Gasteiger partial charge in [0.15, 0.2) is 0 Å². The number of hydrogen-bond acceptors (Lipinski definition) is 3. The number of anilines is 1. The van der Waals surface area contributed by atoms with Crippen LogP contribution in [-0.4, -0.2) is 18.1 Å². The van der Waals surface area contributed by atoms with E-state index in [1.165, 1.54) is 24.8 Å². The maximum absolute atomic E-state index is 9.15. The number of aromatic nitrogens is 1. The summed E-state index contributed by atoms with van der Waals surface area (Å²) in [5, 5.41) is 9.15. The summed E-state index contributed by atoms with van der Waals surface area (Å²) in [4.78, 5) is 6.48. The van der Waals surface area contributed by atoms with E-state index in [0.717, 1.165) is 30.8 Å². The number of piperidine rings is 1. The topological polar surface area (TPSA) is 39.9 Å². The zero-order chi connectivity index (χ0) is 11.4. The zero-order valence-electron chi connectivity index (χ0n) is 9.74. The molecule has 1 aromatic heterocycles. The molecule has 1 aliphatic heterocycles. The Morgan fingerprint density at radius 2 is 2.06 bits per heavy atom. The van der Waals surface area contributed by atoms with Gasteiger partial charge in [0.25, 0.3) is 0 Å². The van der Waals surface area contributed by atoms with Crippen LogP contribution in [0.2, 0.25) is 0 Å². The molecule has 0 atom stereocenters. The minimum Gasteiger partial charge on any atom is -0.370 e. The van der Waals surface area contributed by atoms with Crippen LogP contribution >= 0.6 is 0 Å². The number of hydrogen-bond donors (Lipinski definition) is 0. The molecule has 2 rings (SSSR count). The lowest BCUT2D eigenvalue weighted by Crippen LogP contribution is -2.31. The van der Waals surface area contributed by atoms with Gasteiger partial charge in [-0.05, 0) is 31.2 Å². The zero-order valence-corrected chi connectivity index (χ0v) is 9.74. The first-order valence-corrected chi connectivity index (χ1v) is 5.98. The summed E-state index contributed by atoms with van der Waals surface area (Å²) in [6.07, 6.45) is 8.29. The van der Waals surface area contributed by atoms with Crippen molar-refractivity contribution in [2.75, 3.05) is 18.0 Å². The summed E-state index contributed by atoms with van der Waals surface area (Å²) in [5.74, 6) is 0. The van der Waals surface area contributed by atoms with E-state index in [2.05, 4.69) is 22.9 Å². The van der Waals surface area contributed by atoms with Crippen LogP contribution in [0.5, 0.6) is 0 Å². The normalized spacial score (nSPS) is 15.9. The van der Waals surface area contributed by atoms with Gasteiger partial charge in [0, 0.05) is 25.5 Å². The highest BCUT2D eigenvalue weighted by molar-refractivity contribution is 5.63. The summed E-state index contributed by atoms with van der Waals surface area (Å²) >= 11 is 0. The van der Waals surface area contributed by atoms with E-state index in [1.807, 2.05) is 6.20 Å². The third kappa shape index (κ3) is 2.01. The Morgan fingerprint density at radius 3 is 2.69 bits per heavy atom. The minimum atomic E-state index is 0.723. The van der Waals surface area contributed by atoms with Crippen LogP contribution in [0.1, 0.15) is 37.3 Å². The maximum atomic E-state index is 9.15. The van der Waals surface area contributed by atoms with Gasteiger partial charge in [-0.2, -0.15) is 5.26 Å². The molecule has 0 radical (unpaired) electrons. The smallest absolute Gasteiger partial charge is 0.103 e. The van der Waals surface area contributed by atoms with Crippen molar-refractivity contribution in [3.8, 4) is 6.07 Å². The molecule has 16 heavy (non-hydrogen) atoms. The van der Waals surface area contributed by atoms with Crippen LogP contribution in [0.3, 0.4) is 0 Å². The molecular weight excluding hydrogens is 198 g/mol. The number of rotatable bonds is 2. The molecule has 3 nitrogen and oxygen atoms in total. The molecule has 0 spiro atoms. The van der Waals surface area contributed by atoms with E-state index in [-0.39, 0.29) is 0 Å². The Morgan fingerprint density at radius 1 is 1.31 bits per heavy atom. The van der Waals surface area contributed by atoms with Crippen LogP contribution in [-0.2, 0) is 6.42 Å². The number of nitrogens with zero attached hydrogens (tertiary/aromatic N) is 3. The van der Waals surface area contributed by atoms with Crippen LogP contribution in [0.15, 0.2) is 12.4 Å². The van der Waals surface area contributed by atoms with E-state index in [9.17, 15) is 0 Å². The van der Waals surface area contributed by atoms with Crippen molar-refractivity contribution in [1.82, 2.24) is 4.98 Å². The van der Waals surface area contributed by atoms with Gasteiger partial charge in [0.05, 0.1) is 11.3 Å². The van der Waals surface area contributed by atoms with Crippen molar-refractivity contribution in [3.05, 3.63) is 23.5 Å². The van der Waals surface area contributed by atoms with Crippen molar-refractivity contribution in [2.24, 2.45) is 0 Å². The highest BCUT2D eigenvalue weighted by Gasteiger charge is 2.17. The molecule has 0 unspecified atom stereocenters. The fourth-order valence-corrected chi connectivity index (χ4v) is 2.33. The lowest BCUT2D eigenvalue weighted by molar-refractivity contribution is 0.576. The SMILES string of the molecule is CCc1cncc(C#N)c1N1CCCCC1. The fourth-order valence-electron chi connectivity index (χ4n) is 2.33. The van der Waals surface area contributed by atoms with Gasteiger partial charge in [-0.3, -0.25) is 4.98 Å². The van der Waals surface area contributed by atoms with Crippen LogP contribution in [0, 0.1) is 11.3 Å². The predicted octanol–water partition coefficient (Wildman–Crippen LogP) is 2.51. The minimum absolute atomic E-state index is 0.723. The average Bonchev–Trinajstić information content (AvgIpc) is 2.38. The van der Waals surface area contributed by atoms with Gasteiger partial charge in [-0.1, -0.05) is 6.92 Å². The Bertz CT molecular complexity index is 400. The van der Waals surface area contributed by atoms with E-state index >= 15 is 0 Å². The first-order chi connectivity index (χ1) is 7.86. The van der Waals surface area contributed by atoms with Crippen molar-refractivity contribution in [3.63, 3.8) is 0 Å². The molecule has 0 amide bonds. The summed E-state index contributed by atoms with van der Waals surface area (Å²) in [6, 6.07) is 2.26. The molecular formula is C13H17N3. The second kappa shape index (κ2) is 4.98. The molecule has 0 N–H and O–H groups in total. The number of nitriles is 1. The van der Waals surface area contributed by atoms with Crippen LogP contribution in [0.25, 0.3) is 0 Å². The van der Waals surface area contributed by atoms with Gasteiger partial charge in [0.2, 0.25) is 0 Å². The summed E-state index contributed by atoms with van der Waals surface area (Å²) < 4.78 is 0. The third-order valence-corrected chi connectivity index (χ3v) is 3.17. The molecule has 1 aromatic rings. The lowest BCUT2D eigenvalue weighted by atomic mass is 10.0. The quantitative estimate of drug-likeness (QED) is 0.761. The summed E-state index contributed by atoms with van der Waals surface area (Å²) in [7, 11) is 0. The highest BCUT2D eigenvalue weighted by Crippen LogP contribution is 2.27. The number of pyridine rings is 1. The third-order valence-electron chi connectivity index (χ3n) is 3.17. The first kappa shape index (κ1) is 10.9. The molecule has 1 fully saturated rings. The van der Waals surface area contributed by atoms with Gasteiger partial charge >= 0.3 is 0 Å². The standard InChI is InChI=1S/C13H17N3/c1-2-11-9-15-10-12(8-14)13(11)16-6-4-3-5-7-16/h9-10H,2-7H2,1H3. The van der Waals surface area contributed by atoms with Crippen molar-refractivity contribution >= 4 is 5.69 Å². The van der Waals surface area contributed by atoms with E-state index in [4.69, 9.17) is 5.26 Å². The Balaban J connectivity index is 2.39. The van der Waals surface area contributed by atoms with Crippen molar-refractivity contribution < 1.29 is 0 Å². The van der Waals surface area contributed by atoms with E-state index in [0.29, 0.717) is 0 Å². The Kier molecular flexibility index (Phi) is 3.40. The molecule has 0 saturated carbocycles. The van der Waals surface area contributed by atoms with Gasteiger partial charge < -0.3 is 4.90 Å². The highest BCUT2D eigenvalue weighted by atomic mass is 15.1. The monoisotopic (exact) mass is 215 g/mol. The second-order valence-electron chi connectivity index (χ2n) is 4.21. The van der Waals surface area contributed by atoms with Gasteiger partial charge in [-0.15, -0.1) is 0 Å². The maximum Gasteiger partial charge on any atom is 0.103 e. The van der Waals surface area contributed by atoms with Gasteiger partial charge in [-0.25, -0.2) is 0 Å². The molecule has 2 heterocycles. The summed E-state index contributed by atoms with van der Waals surface area (Å²) in [6.45, 7) is 4.27. The largest absolute Gasteiger partial charge is 0.370 e. The van der Waals surface area contributed by atoms with E-state index < -0.39 is 0 Å². The lowest BCUT2D eigenvalue weighted by Gasteiger charge is -2.31. The summed E-state index contributed by atoms with van der Waals surface area (Å²) in [5.41, 5.74) is 3.04. The molecule has 1 saturated heterocycles. The van der Waals surface area contributed by atoms with Crippen LogP contribution < -0.4 is 4.90 Å². The molecule has 84 valence electrons. The van der Waals surface area contributed by atoms with E-state index in [1.54, 1.807) is 6.20 Å². The van der Waals surface area contributed by atoms with Crippen molar-refractivity contribution in [2.45, 2.75) is 32.6 Å². The number of aryl methyl sites for hydroxylation is 1. The first-order valence-electron chi connectivity index (χ1n) is 5.98. The molecule has 1 aliphatic rings. The Labute approximate surface area is 96.7 Å². The average molecular weight is 215 g/mol. The fraction of sp³-hybridized carbons (Fsp3) is 0.538. The molecule has 3 heteroatoms. The molecule has 0 bridgehead atoms. The second-order valence-corrected chi connectivity index (χ2v) is 4.21. The molecule has 0 aromatic carbocycles. The molecule has 0 aliphatic carbocycles. The van der Waals surface area contributed by atoms with Crippen molar-refractivity contribution in [1.29, 1.82) is 5.26 Å². The van der Waals surface area contributed by atoms with Gasteiger partial charge in [0.1, 0.15) is 6.07 Å². The predicted molar refractivity (Wildman–Crippen MR) is 64.4 cm³/mol. The van der Waals surface area contributed by atoms with Crippen LogP contribution in [0.4, 0.5) is 5.69 Å².